The summed E-state index contributed by atoms with van der Waals surface area (Å²) >= 11 is 15.5. The maximum absolute atomic E-state index is 13.9. The Hall–Kier alpha value is -3.20. The van der Waals surface area contributed by atoms with Crippen LogP contribution in [0, 0.1) is 11.8 Å². The molecule has 2 unspecified atom stereocenters. The van der Waals surface area contributed by atoms with Crippen LogP contribution in [0.2, 0.25) is 10.0 Å². The van der Waals surface area contributed by atoms with Crippen molar-refractivity contribution in [2.24, 2.45) is 22.0 Å². The van der Waals surface area contributed by atoms with E-state index < -0.39 is 17.8 Å². The zero-order valence-corrected chi connectivity index (χ0v) is 22.9. The number of aromatic hydroxyl groups is 1. The second kappa shape index (κ2) is 9.93. The van der Waals surface area contributed by atoms with E-state index in [0.717, 1.165) is 0 Å². The van der Waals surface area contributed by atoms with Gasteiger partial charge in [-0.3, -0.25) is 9.59 Å². The van der Waals surface area contributed by atoms with Crippen LogP contribution in [0.25, 0.3) is 0 Å². The van der Waals surface area contributed by atoms with Gasteiger partial charge < -0.3 is 5.11 Å². The first-order valence-electron chi connectivity index (χ1n) is 11.4. The molecule has 0 bridgehead atoms. The lowest BCUT2D eigenvalue weighted by molar-refractivity contribution is -0.122. The summed E-state index contributed by atoms with van der Waals surface area (Å²) in [5.41, 5.74) is 2.61. The van der Waals surface area contributed by atoms with E-state index in [0.29, 0.717) is 42.9 Å². The highest BCUT2D eigenvalue weighted by atomic mass is 79.9. The van der Waals surface area contributed by atoms with E-state index in [2.05, 4.69) is 26.1 Å². The number of anilines is 2. The number of amides is 2. The molecule has 188 valence electrons. The SMILES string of the molecule is CC1=NN(c2ccc(Cl)cc2)C(=O)C1C(c1cc(Br)ccc1O)C1C(=O)N(c2ccc(Cl)cc2)N=C1C. The van der Waals surface area contributed by atoms with E-state index in [9.17, 15) is 14.7 Å². The minimum absolute atomic E-state index is 0.0238. The van der Waals surface area contributed by atoms with Gasteiger partial charge in [0.2, 0.25) is 0 Å². The lowest BCUT2D eigenvalue weighted by atomic mass is 9.72. The number of phenols is 1. The molecule has 10 heteroatoms. The van der Waals surface area contributed by atoms with Crippen molar-refractivity contribution >= 4 is 73.7 Å². The number of halogens is 3. The summed E-state index contributed by atoms with van der Waals surface area (Å²) in [6.07, 6.45) is 0. The van der Waals surface area contributed by atoms with E-state index in [1.54, 1.807) is 74.5 Å². The van der Waals surface area contributed by atoms with Gasteiger partial charge in [-0.25, -0.2) is 10.0 Å². The summed E-state index contributed by atoms with van der Waals surface area (Å²) in [7, 11) is 0. The van der Waals surface area contributed by atoms with Crippen LogP contribution in [0.3, 0.4) is 0 Å². The van der Waals surface area contributed by atoms with Crippen LogP contribution in [-0.2, 0) is 9.59 Å². The molecule has 0 aliphatic carbocycles. The van der Waals surface area contributed by atoms with Gasteiger partial charge in [0.1, 0.15) is 5.75 Å². The number of carbonyl (C=O) groups excluding carboxylic acids is 2. The van der Waals surface area contributed by atoms with E-state index in [1.165, 1.54) is 16.1 Å². The van der Waals surface area contributed by atoms with Crippen LogP contribution in [0.1, 0.15) is 25.3 Å². The average Bonchev–Trinajstić information content (AvgIpc) is 3.33. The molecule has 1 N–H and O–H groups in total. The summed E-state index contributed by atoms with van der Waals surface area (Å²) in [6, 6.07) is 18.5. The summed E-state index contributed by atoms with van der Waals surface area (Å²) < 4.78 is 0.703. The standard InChI is InChI=1S/C27H21BrCl2N4O3/c1-14-23(26(36)33(31-14)19-8-4-17(29)5-9-19)25(21-13-16(28)3-12-22(21)35)24-15(2)32-34(27(24)37)20-10-6-18(30)7-11-20/h3-13,23-25,35H,1-2H3. The summed E-state index contributed by atoms with van der Waals surface area (Å²) in [5, 5.41) is 23.7. The highest BCUT2D eigenvalue weighted by Gasteiger charge is 2.50. The first kappa shape index (κ1) is 25.4. The maximum atomic E-state index is 13.9. The third-order valence-corrected chi connectivity index (χ3v) is 7.57. The monoisotopic (exact) mass is 598 g/mol. The van der Waals surface area contributed by atoms with Crippen LogP contribution in [0.4, 0.5) is 11.4 Å². The predicted octanol–water partition coefficient (Wildman–Crippen LogP) is 6.62. The molecule has 0 saturated carbocycles. The van der Waals surface area contributed by atoms with Crippen molar-refractivity contribution in [1.82, 2.24) is 0 Å². The lowest BCUT2D eigenvalue weighted by Gasteiger charge is -2.29. The van der Waals surface area contributed by atoms with Gasteiger partial charge in [-0.15, -0.1) is 0 Å². The van der Waals surface area contributed by atoms with Gasteiger partial charge in [0.15, 0.2) is 0 Å². The van der Waals surface area contributed by atoms with Crippen LogP contribution in [-0.4, -0.2) is 28.3 Å². The molecule has 3 aromatic rings. The molecule has 3 aromatic carbocycles. The molecule has 0 aromatic heterocycles. The highest BCUT2D eigenvalue weighted by molar-refractivity contribution is 9.10. The molecule has 0 radical (unpaired) electrons. The van der Waals surface area contributed by atoms with E-state index in [1.807, 2.05) is 0 Å². The van der Waals surface area contributed by atoms with Crippen molar-refractivity contribution in [2.75, 3.05) is 10.0 Å². The van der Waals surface area contributed by atoms with Crippen molar-refractivity contribution in [3.05, 3.63) is 86.8 Å². The van der Waals surface area contributed by atoms with Crippen LogP contribution >= 0.6 is 39.1 Å². The number of nitrogens with zero attached hydrogens (tertiary/aromatic N) is 4. The molecule has 0 fully saturated rings. The molecular weight excluding hydrogens is 579 g/mol. The first-order valence-corrected chi connectivity index (χ1v) is 13.0. The number of benzene rings is 3. The van der Waals surface area contributed by atoms with Gasteiger partial charge >= 0.3 is 0 Å². The zero-order valence-electron chi connectivity index (χ0n) is 19.8. The number of hydrazone groups is 2. The minimum Gasteiger partial charge on any atom is -0.508 e. The van der Waals surface area contributed by atoms with Crippen molar-refractivity contribution in [1.29, 1.82) is 0 Å². The van der Waals surface area contributed by atoms with Crippen LogP contribution in [0.5, 0.6) is 5.75 Å². The second-order valence-electron chi connectivity index (χ2n) is 8.92. The molecule has 0 spiro atoms. The fraction of sp³-hybridized carbons (Fsp3) is 0.185. The fourth-order valence-electron chi connectivity index (χ4n) is 4.86. The van der Waals surface area contributed by atoms with Gasteiger partial charge in [0, 0.05) is 37.4 Å². The van der Waals surface area contributed by atoms with Gasteiger partial charge in [0.25, 0.3) is 11.8 Å². The van der Waals surface area contributed by atoms with Crippen molar-refractivity contribution in [3.63, 3.8) is 0 Å². The molecule has 2 aliphatic rings. The van der Waals surface area contributed by atoms with Crippen molar-refractivity contribution < 1.29 is 14.7 Å². The molecule has 0 saturated heterocycles. The summed E-state index contributed by atoms with van der Waals surface area (Å²) in [5.74, 6) is -3.05. The lowest BCUT2D eigenvalue weighted by Crippen LogP contribution is -2.40. The number of phenolic OH excluding ortho intramolecular Hbond substituents is 1. The third-order valence-electron chi connectivity index (χ3n) is 6.57. The van der Waals surface area contributed by atoms with E-state index in [4.69, 9.17) is 23.2 Å². The Morgan fingerprint density at radius 3 is 1.65 bits per heavy atom. The minimum atomic E-state index is -0.819. The van der Waals surface area contributed by atoms with Gasteiger partial charge in [0.05, 0.1) is 23.2 Å². The maximum Gasteiger partial charge on any atom is 0.256 e. The Morgan fingerprint density at radius 2 is 1.22 bits per heavy atom. The predicted molar refractivity (Wildman–Crippen MR) is 150 cm³/mol. The summed E-state index contributed by atoms with van der Waals surface area (Å²) in [6.45, 7) is 3.51. The third kappa shape index (κ3) is 4.65. The average molecular weight is 600 g/mol. The largest absolute Gasteiger partial charge is 0.508 e. The van der Waals surface area contributed by atoms with Crippen molar-refractivity contribution in [3.8, 4) is 5.75 Å². The Balaban J connectivity index is 1.59. The molecule has 2 amide bonds. The summed E-state index contributed by atoms with van der Waals surface area (Å²) in [4.78, 5) is 27.8. The number of rotatable bonds is 5. The molecule has 2 heterocycles. The topological polar surface area (TPSA) is 85.6 Å². The zero-order chi connectivity index (χ0) is 26.4. The Kier molecular flexibility index (Phi) is 6.83. The molecular formula is C27H21BrCl2N4O3. The molecule has 5 rings (SSSR count). The smallest absolute Gasteiger partial charge is 0.256 e. The Morgan fingerprint density at radius 1 is 0.784 bits per heavy atom. The first-order chi connectivity index (χ1) is 17.7. The van der Waals surface area contributed by atoms with Gasteiger partial charge in [-0.2, -0.15) is 10.2 Å². The number of carbonyl (C=O) groups is 2. The van der Waals surface area contributed by atoms with Crippen LogP contribution < -0.4 is 10.0 Å². The van der Waals surface area contributed by atoms with E-state index in [-0.39, 0.29) is 17.6 Å². The number of hydrogen-bond acceptors (Lipinski definition) is 5. The van der Waals surface area contributed by atoms with Gasteiger partial charge in [-0.1, -0.05) is 39.1 Å². The van der Waals surface area contributed by atoms with Gasteiger partial charge in [-0.05, 0) is 80.6 Å². The second-order valence-corrected chi connectivity index (χ2v) is 10.7. The van der Waals surface area contributed by atoms with Crippen molar-refractivity contribution in [2.45, 2.75) is 19.8 Å². The molecule has 2 aliphatic heterocycles. The quantitative estimate of drug-likeness (QED) is 0.357. The Labute approximate surface area is 232 Å². The Bertz CT molecular complexity index is 1370. The number of hydrogen-bond donors (Lipinski definition) is 1. The molecule has 2 atom stereocenters. The molecule has 7 nitrogen and oxygen atoms in total. The highest BCUT2D eigenvalue weighted by Crippen LogP contribution is 2.45. The fourth-order valence-corrected chi connectivity index (χ4v) is 5.50. The van der Waals surface area contributed by atoms with E-state index >= 15 is 0 Å². The molecule has 37 heavy (non-hydrogen) atoms. The van der Waals surface area contributed by atoms with Crippen LogP contribution in [0.15, 0.2) is 81.4 Å². The normalized spacial score (nSPS) is 20.4.